The maximum Gasteiger partial charge on any atom is 0.126 e. The molecule has 0 saturated heterocycles. The first kappa shape index (κ1) is 16.0. The second-order valence-corrected chi connectivity index (χ2v) is 6.36. The maximum absolute atomic E-state index is 13.5. The highest BCUT2D eigenvalue weighted by molar-refractivity contribution is 7.05. The molecule has 0 aliphatic rings. The average Bonchev–Trinajstić information content (AvgIpc) is 2.92. The minimum atomic E-state index is -0.167. The van der Waals surface area contributed by atoms with Crippen LogP contribution in [0.15, 0.2) is 18.2 Å². The largest absolute Gasteiger partial charge is 0.305 e. The van der Waals surface area contributed by atoms with Gasteiger partial charge in [0.05, 0.1) is 16.6 Å². The molecule has 2 aromatic rings. The number of hydrogen-bond acceptors (Lipinski definition) is 4. The van der Waals surface area contributed by atoms with E-state index in [-0.39, 0.29) is 11.9 Å². The molecular formula is C16H22FN3S. The SMILES string of the molecule is CCCNC(c1ccc(F)c(C)c1)c1snnc1C(C)C. The second-order valence-electron chi connectivity index (χ2n) is 5.57. The van der Waals surface area contributed by atoms with Gasteiger partial charge in [-0.2, -0.15) is 0 Å². The number of nitrogens with one attached hydrogen (secondary N) is 1. The van der Waals surface area contributed by atoms with E-state index in [0.29, 0.717) is 11.5 Å². The zero-order chi connectivity index (χ0) is 15.4. The van der Waals surface area contributed by atoms with Crippen LogP contribution in [0.4, 0.5) is 4.39 Å². The van der Waals surface area contributed by atoms with Gasteiger partial charge in [-0.3, -0.25) is 0 Å². The zero-order valence-electron chi connectivity index (χ0n) is 13.0. The average molecular weight is 307 g/mol. The Labute approximate surface area is 129 Å². The Morgan fingerprint density at radius 3 is 2.71 bits per heavy atom. The highest BCUT2D eigenvalue weighted by Crippen LogP contribution is 2.31. The van der Waals surface area contributed by atoms with Crippen LogP contribution in [0, 0.1) is 12.7 Å². The first-order valence-corrected chi connectivity index (χ1v) is 8.13. The van der Waals surface area contributed by atoms with Crippen molar-refractivity contribution in [2.75, 3.05) is 6.54 Å². The van der Waals surface area contributed by atoms with Crippen LogP contribution in [-0.2, 0) is 0 Å². The van der Waals surface area contributed by atoms with Crippen molar-refractivity contribution in [3.63, 3.8) is 0 Å². The monoisotopic (exact) mass is 307 g/mol. The van der Waals surface area contributed by atoms with Gasteiger partial charge >= 0.3 is 0 Å². The predicted molar refractivity (Wildman–Crippen MR) is 85.3 cm³/mol. The number of rotatable bonds is 6. The van der Waals surface area contributed by atoms with Crippen LogP contribution in [0.5, 0.6) is 0 Å². The molecule has 0 radical (unpaired) electrons. The van der Waals surface area contributed by atoms with Crippen LogP contribution in [0.25, 0.3) is 0 Å². The molecule has 1 aromatic carbocycles. The van der Waals surface area contributed by atoms with Crippen molar-refractivity contribution in [3.8, 4) is 0 Å². The molecule has 0 bridgehead atoms. The number of nitrogens with zero attached hydrogens (tertiary/aromatic N) is 2. The second kappa shape index (κ2) is 7.09. The summed E-state index contributed by atoms with van der Waals surface area (Å²) < 4.78 is 17.6. The first-order chi connectivity index (χ1) is 10.0. The van der Waals surface area contributed by atoms with Crippen molar-refractivity contribution in [1.82, 2.24) is 14.9 Å². The van der Waals surface area contributed by atoms with Crippen LogP contribution in [0.3, 0.4) is 0 Å². The first-order valence-electron chi connectivity index (χ1n) is 7.36. The predicted octanol–water partition coefficient (Wildman–Crippen LogP) is 4.20. The minimum absolute atomic E-state index is 0.0293. The molecule has 3 nitrogen and oxygen atoms in total. The van der Waals surface area contributed by atoms with Crippen molar-refractivity contribution < 1.29 is 4.39 Å². The highest BCUT2D eigenvalue weighted by Gasteiger charge is 2.22. The summed E-state index contributed by atoms with van der Waals surface area (Å²) in [5.41, 5.74) is 2.75. The topological polar surface area (TPSA) is 37.8 Å². The molecule has 5 heteroatoms. The molecule has 2 rings (SSSR count). The van der Waals surface area contributed by atoms with Crippen molar-refractivity contribution in [3.05, 3.63) is 45.7 Å². The summed E-state index contributed by atoms with van der Waals surface area (Å²) in [5, 5.41) is 7.80. The summed E-state index contributed by atoms with van der Waals surface area (Å²) >= 11 is 1.42. The fourth-order valence-corrected chi connectivity index (χ4v) is 3.21. The Hall–Kier alpha value is -1.33. The van der Waals surface area contributed by atoms with Gasteiger partial charge in [-0.05, 0) is 54.5 Å². The van der Waals surface area contributed by atoms with E-state index in [4.69, 9.17) is 0 Å². The van der Waals surface area contributed by atoms with E-state index in [0.717, 1.165) is 29.1 Å². The summed E-state index contributed by atoms with van der Waals surface area (Å²) in [7, 11) is 0. The third-order valence-electron chi connectivity index (χ3n) is 3.46. The molecule has 21 heavy (non-hydrogen) atoms. The normalized spacial score (nSPS) is 12.9. The van der Waals surface area contributed by atoms with E-state index in [9.17, 15) is 4.39 Å². The minimum Gasteiger partial charge on any atom is -0.305 e. The molecule has 1 aromatic heterocycles. The van der Waals surface area contributed by atoms with Crippen LogP contribution in [-0.4, -0.2) is 16.1 Å². The standard InChI is InChI=1S/C16H22FN3S/c1-5-8-18-15(12-6-7-13(17)11(4)9-12)16-14(10(2)3)19-20-21-16/h6-7,9-10,15,18H,5,8H2,1-4H3. The molecule has 0 spiro atoms. The molecule has 114 valence electrons. The zero-order valence-corrected chi connectivity index (χ0v) is 13.8. The van der Waals surface area contributed by atoms with Gasteiger partial charge in [0.15, 0.2) is 0 Å². The number of aromatic nitrogens is 2. The van der Waals surface area contributed by atoms with Crippen molar-refractivity contribution in [1.29, 1.82) is 0 Å². The molecule has 0 fully saturated rings. The van der Waals surface area contributed by atoms with Gasteiger partial charge < -0.3 is 5.32 Å². The van der Waals surface area contributed by atoms with E-state index in [1.165, 1.54) is 17.6 Å². The third-order valence-corrected chi connectivity index (χ3v) is 4.27. The lowest BCUT2D eigenvalue weighted by Crippen LogP contribution is -2.23. The maximum atomic E-state index is 13.5. The fraction of sp³-hybridized carbons (Fsp3) is 0.500. The van der Waals surface area contributed by atoms with Gasteiger partial charge in [0.25, 0.3) is 0 Å². The summed E-state index contributed by atoms with van der Waals surface area (Å²) in [4.78, 5) is 1.13. The third kappa shape index (κ3) is 3.66. The summed E-state index contributed by atoms with van der Waals surface area (Å²) in [6.45, 7) is 9.06. The lowest BCUT2D eigenvalue weighted by molar-refractivity contribution is 0.588. The van der Waals surface area contributed by atoms with Crippen LogP contribution in [0.1, 0.15) is 60.8 Å². The van der Waals surface area contributed by atoms with Crippen LogP contribution in [0.2, 0.25) is 0 Å². The Kier molecular flexibility index (Phi) is 5.42. The van der Waals surface area contributed by atoms with E-state index in [1.807, 2.05) is 12.1 Å². The number of halogens is 1. The van der Waals surface area contributed by atoms with Crippen molar-refractivity contribution in [2.45, 2.75) is 46.1 Å². The number of benzene rings is 1. The lowest BCUT2D eigenvalue weighted by atomic mass is 9.98. The van der Waals surface area contributed by atoms with E-state index in [2.05, 4.69) is 35.7 Å². The smallest absolute Gasteiger partial charge is 0.126 e. The van der Waals surface area contributed by atoms with E-state index in [1.54, 1.807) is 6.92 Å². The summed E-state index contributed by atoms with van der Waals surface area (Å²) in [5.74, 6) is 0.158. The Morgan fingerprint density at radius 2 is 2.10 bits per heavy atom. The van der Waals surface area contributed by atoms with Crippen LogP contribution < -0.4 is 5.32 Å². The Bertz CT molecular complexity index is 595. The molecule has 1 N–H and O–H groups in total. The lowest BCUT2D eigenvalue weighted by Gasteiger charge is -2.20. The van der Waals surface area contributed by atoms with E-state index >= 15 is 0 Å². The summed E-state index contributed by atoms with van der Waals surface area (Å²) in [6, 6.07) is 5.32. The fourth-order valence-electron chi connectivity index (χ4n) is 2.30. The molecular weight excluding hydrogens is 285 g/mol. The Balaban J connectivity index is 2.42. The number of hydrogen-bond donors (Lipinski definition) is 1. The molecule has 1 heterocycles. The van der Waals surface area contributed by atoms with Gasteiger partial charge in [0, 0.05) is 0 Å². The highest BCUT2D eigenvalue weighted by atomic mass is 32.1. The van der Waals surface area contributed by atoms with Gasteiger partial charge in [0.1, 0.15) is 5.82 Å². The quantitative estimate of drug-likeness (QED) is 0.869. The molecule has 1 atom stereocenters. The van der Waals surface area contributed by atoms with Gasteiger partial charge in [-0.1, -0.05) is 37.4 Å². The van der Waals surface area contributed by atoms with Crippen LogP contribution >= 0.6 is 11.5 Å². The molecule has 0 aliphatic carbocycles. The van der Waals surface area contributed by atoms with Gasteiger partial charge in [-0.25, -0.2) is 4.39 Å². The van der Waals surface area contributed by atoms with Gasteiger partial charge in [-0.15, -0.1) is 5.10 Å². The van der Waals surface area contributed by atoms with E-state index < -0.39 is 0 Å². The summed E-state index contributed by atoms with van der Waals surface area (Å²) in [6.07, 6.45) is 1.04. The van der Waals surface area contributed by atoms with Crippen molar-refractivity contribution >= 4 is 11.5 Å². The molecule has 0 saturated carbocycles. The molecule has 0 aliphatic heterocycles. The molecule has 0 amide bonds. The Morgan fingerprint density at radius 1 is 1.33 bits per heavy atom. The number of aryl methyl sites for hydroxylation is 1. The van der Waals surface area contributed by atoms with Crippen molar-refractivity contribution in [2.24, 2.45) is 0 Å². The van der Waals surface area contributed by atoms with Gasteiger partial charge in [0.2, 0.25) is 0 Å². The molecule has 1 unspecified atom stereocenters.